The maximum atomic E-state index is 9.91. The van der Waals surface area contributed by atoms with Gasteiger partial charge in [-0.25, -0.2) is 4.57 Å². The molecule has 5 heteroatoms. The zero-order valence-corrected chi connectivity index (χ0v) is 24.5. The van der Waals surface area contributed by atoms with Crippen LogP contribution in [0.15, 0.2) is 115 Å². The van der Waals surface area contributed by atoms with Crippen LogP contribution in [0.3, 0.4) is 0 Å². The number of aryl methyl sites for hydroxylation is 1. The van der Waals surface area contributed by atoms with Crippen LogP contribution >= 0.6 is 0 Å². The van der Waals surface area contributed by atoms with Crippen LogP contribution < -0.4 is 14.0 Å². The molecule has 0 unspecified atom stereocenters. The van der Waals surface area contributed by atoms with E-state index in [1.54, 1.807) is 14.2 Å². The number of nitrogens with zero attached hydrogens (tertiary/aromatic N) is 1. The van der Waals surface area contributed by atoms with Gasteiger partial charge in [-0.15, -0.1) is 0 Å². The van der Waals surface area contributed by atoms with Crippen LogP contribution in [-0.2, 0) is 20.3 Å². The third kappa shape index (κ3) is 5.48. The van der Waals surface area contributed by atoms with E-state index in [2.05, 4.69) is 85.1 Å². The van der Waals surface area contributed by atoms with E-state index in [-0.39, 0.29) is 13.2 Å². The van der Waals surface area contributed by atoms with Gasteiger partial charge in [-0.3, -0.25) is 0 Å². The highest BCUT2D eigenvalue weighted by Gasteiger charge is 2.20. The van der Waals surface area contributed by atoms with Crippen molar-refractivity contribution in [2.24, 2.45) is 7.05 Å². The number of ether oxygens (including phenoxy) is 2. The number of pyridine rings is 1. The first-order chi connectivity index (χ1) is 21.0. The van der Waals surface area contributed by atoms with Gasteiger partial charge in [0.2, 0.25) is 5.52 Å². The van der Waals surface area contributed by atoms with Crippen LogP contribution in [0.2, 0.25) is 0 Å². The number of fused-ring (bicyclic) bond motifs is 1. The molecule has 0 saturated carbocycles. The van der Waals surface area contributed by atoms with Crippen molar-refractivity contribution in [3.8, 4) is 56.0 Å². The number of hydrogen-bond donors (Lipinski definition) is 2. The first-order valence-corrected chi connectivity index (χ1v) is 14.2. The minimum Gasteiger partial charge on any atom is -0.493 e. The fraction of sp³-hybridized carbons (Fsp3) is 0.132. The highest BCUT2D eigenvalue weighted by molar-refractivity contribution is 5.88. The lowest BCUT2D eigenvalue weighted by molar-refractivity contribution is -0.644. The third-order valence-corrected chi connectivity index (χ3v) is 7.98. The Kier molecular flexibility index (Phi) is 7.93. The van der Waals surface area contributed by atoms with Crippen molar-refractivity contribution in [3.63, 3.8) is 0 Å². The van der Waals surface area contributed by atoms with Gasteiger partial charge in [0.05, 0.1) is 27.4 Å². The molecule has 0 fully saturated rings. The van der Waals surface area contributed by atoms with E-state index in [0.29, 0.717) is 17.1 Å². The largest absolute Gasteiger partial charge is 0.493 e. The predicted octanol–water partition coefficient (Wildman–Crippen LogP) is 7.33. The molecule has 0 aliphatic heterocycles. The van der Waals surface area contributed by atoms with E-state index >= 15 is 0 Å². The highest BCUT2D eigenvalue weighted by Crippen LogP contribution is 2.44. The van der Waals surface area contributed by atoms with Crippen LogP contribution in [0.1, 0.15) is 11.1 Å². The minimum atomic E-state index is -0.137. The van der Waals surface area contributed by atoms with E-state index in [1.807, 2.05) is 41.9 Å². The van der Waals surface area contributed by atoms with Gasteiger partial charge in [0.15, 0.2) is 17.7 Å². The van der Waals surface area contributed by atoms with Gasteiger partial charge in [-0.1, -0.05) is 60.7 Å². The van der Waals surface area contributed by atoms with E-state index in [0.717, 1.165) is 61.0 Å². The number of methoxy groups -OCH3 is 2. The molecule has 5 nitrogen and oxygen atoms in total. The third-order valence-electron chi connectivity index (χ3n) is 7.98. The summed E-state index contributed by atoms with van der Waals surface area (Å²) in [5.41, 5.74) is 10.8. The van der Waals surface area contributed by atoms with Crippen molar-refractivity contribution in [2.45, 2.75) is 13.2 Å². The standard InChI is InChI=1S/C38H34NO4/c1-39-22-32(17-31-18-33(23-40)34(24-41)20-36(31)39)29-19-35(38(43-3)37(21-29)42-2)30-15-27(25-10-6-4-7-11-25)14-28(16-30)26-12-8-5-9-13-26/h4-22,40-41H,23-24H2,1-3H3/q+1. The monoisotopic (exact) mass is 568 g/mol. The average Bonchev–Trinajstić information content (AvgIpc) is 3.07. The van der Waals surface area contributed by atoms with Gasteiger partial charge in [0, 0.05) is 22.6 Å². The molecule has 0 bridgehead atoms. The summed E-state index contributed by atoms with van der Waals surface area (Å²) in [6, 6.07) is 37.5. The molecule has 0 saturated heterocycles. The van der Waals surface area contributed by atoms with Crippen LogP contribution in [0.25, 0.3) is 55.4 Å². The Bertz CT molecular complexity index is 1860. The number of rotatable bonds is 8. The zero-order valence-electron chi connectivity index (χ0n) is 24.5. The number of benzene rings is 5. The van der Waals surface area contributed by atoms with Gasteiger partial charge in [-0.05, 0) is 87.0 Å². The zero-order chi connectivity index (χ0) is 29.9. The second-order valence-corrected chi connectivity index (χ2v) is 10.6. The molecule has 43 heavy (non-hydrogen) atoms. The average molecular weight is 569 g/mol. The maximum Gasteiger partial charge on any atom is 0.212 e. The van der Waals surface area contributed by atoms with Crippen molar-refractivity contribution >= 4 is 10.9 Å². The molecule has 6 aromatic rings. The van der Waals surface area contributed by atoms with Crippen LogP contribution in [0.5, 0.6) is 11.5 Å². The molecule has 2 N–H and O–H groups in total. The highest BCUT2D eigenvalue weighted by atomic mass is 16.5. The fourth-order valence-electron chi connectivity index (χ4n) is 5.77. The summed E-state index contributed by atoms with van der Waals surface area (Å²) in [7, 11) is 5.32. The lowest BCUT2D eigenvalue weighted by Crippen LogP contribution is -2.29. The smallest absolute Gasteiger partial charge is 0.212 e. The minimum absolute atomic E-state index is 0.125. The molecular formula is C38H34NO4+. The summed E-state index contributed by atoms with van der Waals surface area (Å²) in [5, 5.41) is 20.7. The Hall–Kier alpha value is -4.97. The second kappa shape index (κ2) is 12.1. The Labute approximate surface area is 251 Å². The molecule has 6 rings (SSSR count). The van der Waals surface area contributed by atoms with Gasteiger partial charge < -0.3 is 19.7 Å². The maximum absolute atomic E-state index is 9.91. The van der Waals surface area contributed by atoms with E-state index in [4.69, 9.17) is 9.47 Å². The number of aliphatic hydroxyl groups excluding tert-OH is 2. The summed E-state index contributed by atoms with van der Waals surface area (Å²) < 4.78 is 13.9. The number of aliphatic hydroxyl groups is 2. The molecule has 214 valence electrons. The second-order valence-electron chi connectivity index (χ2n) is 10.6. The molecular weight excluding hydrogens is 534 g/mol. The molecule has 0 aliphatic carbocycles. The van der Waals surface area contributed by atoms with Crippen molar-refractivity contribution in [3.05, 3.63) is 127 Å². The summed E-state index contributed by atoms with van der Waals surface area (Å²) in [4.78, 5) is 0. The molecule has 0 amide bonds. The lowest BCUT2D eigenvalue weighted by atomic mass is 9.91. The quantitative estimate of drug-likeness (QED) is 0.189. The van der Waals surface area contributed by atoms with Gasteiger partial charge in [0.25, 0.3) is 0 Å². The van der Waals surface area contributed by atoms with Crippen LogP contribution in [0, 0.1) is 0 Å². The first-order valence-electron chi connectivity index (χ1n) is 14.2. The Balaban J connectivity index is 1.58. The summed E-state index contributed by atoms with van der Waals surface area (Å²) in [6.45, 7) is -0.262. The molecule has 0 spiro atoms. The Morgan fingerprint density at radius 1 is 0.558 bits per heavy atom. The van der Waals surface area contributed by atoms with Crippen LogP contribution in [0.4, 0.5) is 0 Å². The lowest BCUT2D eigenvalue weighted by Gasteiger charge is -2.17. The van der Waals surface area contributed by atoms with Crippen molar-refractivity contribution in [2.75, 3.05) is 14.2 Å². The Morgan fingerprint density at radius 2 is 1.12 bits per heavy atom. The summed E-state index contributed by atoms with van der Waals surface area (Å²) in [5.74, 6) is 1.30. The van der Waals surface area contributed by atoms with Gasteiger partial charge in [-0.2, -0.15) is 0 Å². The SMILES string of the molecule is COc1cc(-c2cc3cc(CO)c(CO)cc3[n+](C)c2)cc(-c2cc(-c3ccccc3)cc(-c3ccccc3)c2)c1OC. The molecule has 5 aromatic carbocycles. The van der Waals surface area contributed by atoms with Gasteiger partial charge >= 0.3 is 0 Å². The Morgan fingerprint density at radius 3 is 1.67 bits per heavy atom. The predicted molar refractivity (Wildman–Crippen MR) is 172 cm³/mol. The number of aromatic nitrogens is 1. The topological polar surface area (TPSA) is 62.8 Å². The van der Waals surface area contributed by atoms with Gasteiger partial charge in [0.1, 0.15) is 7.05 Å². The van der Waals surface area contributed by atoms with E-state index in [1.165, 1.54) is 0 Å². The fourth-order valence-corrected chi connectivity index (χ4v) is 5.77. The number of hydrogen-bond acceptors (Lipinski definition) is 4. The summed E-state index contributed by atoms with van der Waals surface area (Å²) >= 11 is 0. The van der Waals surface area contributed by atoms with E-state index < -0.39 is 0 Å². The van der Waals surface area contributed by atoms with Crippen LogP contribution in [-0.4, -0.2) is 24.4 Å². The molecule has 0 radical (unpaired) electrons. The van der Waals surface area contributed by atoms with E-state index in [9.17, 15) is 10.2 Å². The molecule has 0 aliphatic rings. The van der Waals surface area contributed by atoms with Crippen molar-refractivity contribution in [1.82, 2.24) is 0 Å². The first kappa shape index (κ1) is 28.2. The van der Waals surface area contributed by atoms with Crippen molar-refractivity contribution in [1.29, 1.82) is 0 Å². The van der Waals surface area contributed by atoms with Crippen molar-refractivity contribution < 1.29 is 24.3 Å². The molecule has 1 heterocycles. The summed E-state index contributed by atoms with van der Waals surface area (Å²) in [6.07, 6.45) is 2.07. The molecule has 0 atom stereocenters. The normalized spacial score (nSPS) is 11.1. The molecule has 1 aromatic heterocycles.